The van der Waals surface area contributed by atoms with Gasteiger partial charge in [-0.25, -0.2) is 0 Å². The van der Waals surface area contributed by atoms with Crippen LogP contribution in [0.4, 0.5) is 5.69 Å². The number of hydrogen-bond acceptors (Lipinski definition) is 3. The third-order valence-electron chi connectivity index (χ3n) is 7.63. The second-order valence-electron chi connectivity index (χ2n) is 11.4. The molecule has 0 spiro atoms. The molecule has 0 bridgehead atoms. The molecule has 0 aromatic heterocycles. The smallest absolute Gasteiger partial charge is 0.162 e. The monoisotopic (exact) mass is 524 g/mol. The Balaban J connectivity index is 1.85. The van der Waals surface area contributed by atoms with Gasteiger partial charge in [0.1, 0.15) is 11.6 Å². The molecule has 1 aliphatic carbocycles. The van der Waals surface area contributed by atoms with Crippen LogP contribution in [0.5, 0.6) is 0 Å². The number of allylic oxidation sites excluding steroid dienone is 2. The number of anilines is 1. The number of aryl methyl sites for hydroxylation is 3. The van der Waals surface area contributed by atoms with Gasteiger partial charge in [-0.05, 0) is 55.9 Å². The molecule has 0 radical (unpaired) electrons. The molecule has 2 aliphatic rings. The van der Waals surface area contributed by atoms with E-state index in [-0.39, 0.29) is 22.8 Å². The van der Waals surface area contributed by atoms with Gasteiger partial charge in [0.05, 0.1) is 0 Å². The quantitative estimate of drug-likeness (QED) is 0.338. The van der Waals surface area contributed by atoms with E-state index in [9.17, 15) is 15.3 Å². The number of rotatable bonds is 3. The summed E-state index contributed by atoms with van der Waals surface area (Å²) in [5.41, 5.74) is 6.93. The first kappa shape index (κ1) is 26.0. The lowest BCUT2D eigenvalue weighted by Gasteiger charge is -2.45. The molecule has 4 nitrogen and oxygen atoms in total. The van der Waals surface area contributed by atoms with Crippen molar-refractivity contribution in [2.75, 3.05) is 4.90 Å². The zero-order chi connectivity index (χ0) is 27.4. The zero-order valence-electron chi connectivity index (χ0n) is 22.5. The maximum absolute atomic E-state index is 14.0. The molecular formula is C33H33ClN2O2. The highest BCUT2D eigenvalue weighted by Crippen LogP contribution is 2.51. The zero-order valence-corrected chi connectivity index (χ0v) is 23.3. The fraction of sp³-hybridized carbons (Fsp3) is 0.273. The van der Waals surface area contributed by atoms with Crippen molar-refractivity contribution in [1.82, 2.24) is 0 Å². The van der Waals surface area contributed by atoms with Crippen molar-refractivity contribution in [2.24, 2.45) is 5.41 Å². The standard InChI is InChI=1S/C33H33ClN2O2/c1-19-6-11-22(12-7-19)28-29-26(17-33(4,5)18-27(29)37)36(24-15-10-21(3)25(34)16-24)32(35)30(28)31(38)23-13-8-20(2)9-14-23/h6-16,28,35,38H,17-18H2,1-5H3/b31-30+,35-32?. The van der Waals surface area contributed by atoms with E-state index in [1.165, 1.54) is 0 Å². The molecule has 5 heteroatoms. The average Bonchev–Trinajstić information content (AvgIpc) is 2.85. The molecule has 3 aromatic carbocycles. The van der Waals surface area contributed by atoms with Gasteiger partial charge in [0.15, 0.2) is 5.78 Å². The minimum atomic E-state index is -0.555. The van der Waals surface area contributed by atoms with Gasteiger partial charge in [-0.2, -0.15) is 0 Å². The highest BCUT2D eigenvalue weighted by atomic mass is 35.5. The Morgan fingerprint density at radius 3 is 2.16 bits per heavy atom. The van der Waals surface area contributed by atoms with Gasteiger partial charge < -0.3 is 5.11 Å². The fourth-order valence-corrected chi connectivity index (χ4v) is 5.75. The Morgan fingerprint density at radius 2 is 1.55 bits per heavy atom. The van der Waals surface area contributed by atoms with E-state index < -0.39 is 5.92 Å². The largest absolute Gasteiger partial charge is 0.507 e. The molecule has 38 heavy (non-hydrogen) atoms. The van der Waals surface area contributed by atoms with Crippen molar-refractivity contribution >= 4 is 34.7 Å². The first-order valence-corrected chi connectivity index (χ1v) is 13.3. The summed E-state index contributed by atoms with van der Waals surface area (Å²) in [7, 11) is 0. The van der Waals surface area contributed by atoms with Crippen LogP contribution in [0.15, 0.2) is 83.6 Å². The Kier molecular flexibility index (Phi) is 6.56. The predicted molar refractivity (Wildman–Crippen MR) is 156 cm³/mol. The van der Waals surface area contributed by atoms with Crippen LogP contribution in [0.25, 0.3) is 5.76 Å². The summed E-state index contributed by atoms with van der Waals surface area (Å²) < 4.78 is 0. The number of halogens is 1. The van der Waals surface area contributed by atoms with Gasteiger partial charge in [-0.15, -0.1) is 0 Å². The highest BCUT2D eigenvalue weighted by molar-refractivity contribution is 6.32. The number of aliphatic hydroxyl groups excluding tert-OH is 1. The average molecular weight is 525 g/mol. The van der Waals surface area contributed by atoms with Gasteiger partial charge in [-0.3, -0.25) is 15.1 Å². The molecule has 0 saturated heterocycles. The second-order valence-corrected chi connectivity index (χ2v) is 11.8. The van der Waals surface area contributed by atoms with E-state index in [0.717, 1.165) is 28.0 Å². The number of ketones is 1. The number of benzene rings is 3. The van der Waals surface area contributed by atoms with Crippen LogP contribution in [0.3, 0.4) is 0 Å². The van der Waals surface area contributed by atoms with E-state index in [1.54, 1.807) is 0 Å². The molecular weight excluding hydrogens is 492 g/mol. The second kappa shape index (κ2) is 9.59. The van der Waals surface area contributed by atoms with Crippen LogP contribution in [0.1, 0.15) is 60.4 Å². The van der Waals surface area contributed by atoms with Crippen molar-refractivity contribution in [3.05, 3.63) is 116 Å². The normalized spacial score (nSPS) is 20.5. The Morgan fingerprint density at radius 1 is 0.947 bits per heavy atom. The SMILES string of the molecule is Cc1ccc(/C(O)=C2\C(=N)N(c3ccc(C)c(Cl)c3)C3=C(C(=O)CC(C)(C)C3)C2c2ccc(C)cc2)cc1. The van der Waals surface area contributed by atoms with E-state index in [0.29, 0.717) is 40.3 Å². The van der Waals surface area contributed by atoms with E-state index in [4.69, 9.17) is 11.6 Å². The fourth-order valence-electron chi connectivity index (χ4n) is 5.58. The first-order valence-electron chi connectivity index (χ1n) is 12.9. The highest BCUT2D eigenvalue weighted by Gasteiger charge is 2.46. The molecule has 0 amide bonds. The molecule has 5 rings (SSSR count). The molecule has 1 atom stereocenters. The maximum atomic E-state index is 14.0. The summed E-state index contributed by atoms with van der Waals surface area (Å²) in [6.45, 7) is 10.1. The van der Waals surface area contributed by atoms with Crippen LogP contribution in [0, 0.1) is 31.6 Å². The molecule has 1 unspecified atom stereocenters. The van der Waals surface area contributed by atoms with Gasteiger partial charge in [-0.1, -0.05) is 91.2 Å². The van der Waals surface area contributed by atoms with Crippen molar-refractivity contribution in [1.29, 1.82) is 5.41 Å². The van der Waals surface area contributed by atoms with Gasteiger partial charge in [0.2, 0.25) is 0 Å². The number of carbonyl (C=O) groups is 1. The van der Waals surface area contributed by atoms with Crippen LogP contribution in [-0.4, -0.2) is 16.7 Å². The summed E-state index contributed by atoms with van der Waals surface area (Å²) in [6.07, 6.45) is 1.03. The van der Waals surface area contributed by atoms with Crippen molar-refractivity contribution in [3.8, 4) is 0 Å². The number of Topliss-reactive ketones (excluding diaryl/α,β-unsaturated/α-hetero) is 1. The third-order valence-corrected chi connectivity index (χ3v) is 8.03. The van der Waals surface area contributed by atoms with Gasteiger partial charge in [0, 0.05) is 45.5 Å². The van der Waals surface area contributed by atoms with Crippen molar-refractivity contribution in [3.63, 3.8) is 0 Å². The molecule has 2 N–H and O–H groups in total. The summed E-state index contributed by atoms with van der Waals surface area (Å²) >= 11 is 6.55. The van der Waals surface area contributed by atoms with E-state index in [2.05, 4.69) is 13.8 Å². The molecule has 0 fully saturated rings. The Hall–Kier alpha value is -3.63. The summed E-state index contributed by atoms with van der Waals surface area (Å²) in [4.78, 5) is 15.8. The predicted octanol–water partition coefficient (Wildman–Crippen LogP) is 8.46. The summed E-state index contributed by atoms with van der Waals surface area (Å²) in [6, 6.07) is 21.3. The number of nitrogens with zero attached hydrogens (tertiary/aromatic N) is 1. The topological polar surface area (TPSA) is 64.4 Å². The molecule has 0 saturated carbocycles. The summed E-state index contributed by atoms with van der Waals surface area (Å²) in [5.74, 6) is -0.349. The maximum Gasteiger partial charge on any atom is 0.162 e. The Labute approximate surface area is 229 Å². The summed E-state index contributed by atoms with van der Waals surface area (Å²) in [5, 5.41) is 21.9. The minimum Gasteiger partial charge on any atom is -0.507 e. The molecule has 1 aliphatic heterocycles. The van der Waals surface area contributed by atoms with E-state index >= 15 is 0 Å². The molecule has 1 heterocycles. The van der Waals surface area contributed by atoms with Crippen molar-refractivity contribution in [2.45, 2.75) is 53.4 Å². The molecule has 3 aromatic rings. The van der Waals surface area contributed by atoms with Gasteiger partial charge >= 0.3 is 0 Å². The number of aliphatic hydroxyl groups is 1. The minimum absolute atomic E-state index is 0.00738. The van der Waals surface area contributed by atoms with Crippen molar-refractivity contribution < 1.29 is 9.90 Å². The van der Waals surface area contributed by atoms with Crippen LogP contribution >= 0.6 is 11.6 Å². The van der Waals surface area contributed by atoms with Gasteiger partial charge in [0.25, 0.3) is 0 Å². The lowest BCUT2D eigenvalue weighted by Crippen LogP contribution is -2.45. The number of hydrogen-bond donors (Lipinski definition) is 2. The van der Waals surface area contributed by atoms with Crippen LogP contribution in [-0.2, 0) is 4.79 Å². The number of amidine groups is 1. The lowest BCUT2D eigenvalue weighted by molar-refractivity contribution is -0.118. The number of carbonyl (C=O) groups excluding carboxylic acids is 1. The third kappa shape index (κ3) is 4.58. The van der Waals surface area contributed by atoms with E-state index in [1.807, 2.05) is 92.4 Å². The number of nitrogens with one attached hydrogen (secondary N) is 1. The lowest BCUT2D eigenvalue weighted by atomic mass is 9.67. The Bertz CT molecular complexity index is 1510. The first-order chi connectivity index (χ1) is 18.0. The van der Waals surface area contributed by atoms with Crippen LogP contribution < -0.4 is 4.90 Å². The van der Waals surface area contributed by atoms with Crippen LogP contribution in [0.2, 0.25) is 5.02 Å². The molecule has 194 valence electrons.